The molecule has 0 spiro atoms. The van der Waals surface area contributed by atoms with Crippen LogP contribution in [-0.4, -0.2) is 17.7 Å². The molecule has 1 aromatic rings. The lowest BCUT2D eigenvalue weighted by molar-refractivity contribution is -0.148. The third-order valence-electron chi connectivity index (χ3n) is 3.52. The first-order valence-corrected chi connectivity index (χ1v) is 8.95. The van der Waals surface area contributed by atoms with Gasteiger partial charge in [-0.05, 0) is 39.2 Å². The molecule has 1 unspecified atom stereocenters. The van der Waals surface area contributed by atoms with Crippen molar-refractivity contribution in [2.24, 2.45) is 0 Å². The van der Waals surface area contributed by atoms with Crippen molar-refractivity contribution >= 4 is 5.97 Å². The van der Waals surface area contributed by atoms with Crippen LogP contribution < -0.4 is 0 Å². The number of ether oxygens (including phenoxy) is 2. The Labute approximate surface area is 147 Å². The second-order valence-electron chi connectivity index (χ2n) is 7.09. The normalized spacial score (nSPS) is 13.2. The smallest absolute Gasteiger partial charge is 0.330 e. The fraction of sp³-hybridized carbons (Fsp3) is 0.571. The highest BCUT2D eigenvalue weighted by Gasteiger charge is 2.14. The minimum absolute atomic E-state index is 0.135. The van der Waals surface area contributed by atoms with E-state index in [0.717, 1.165) is 19.3 Å². The van der Waals surface area contributed by atoms with E-state index in [2.05, 4.69) is 19.1 Å². The topological polar surface area (TPSA) is 35.5 Å². The fourth-order valence-corrected chi connectivity index (χ4v) is 2.33. The van der Waals surface area contributed by atoms with Gasteiger partial charge >= 0.3 is 5.97 Å². The van der Waals surface area contributed by atoms with Crippen LogP contribution in [0, 0.1) is 0 Å². The van der Waals surface area contributed by atoms with Crippen LogP contribution in [0.2, 0.25) is 0 Å². The maximum absolute atomic E-state index is 11.7. The molecule has 24 heavy (non-hydrogen) atoms. The number of carbonyl (C=O) groups is 1. The quantitative estimate of drug-likeness (QED) is 0.325. The highest BCUT2D eigenvalue weighted by Crippen LogP contribution is 2.14. The van der Waals surface area contributed by atoms with Crippen LogP contribution in [0.3, 0.4) is 0 Å². The molecule has 0 N–H and O–H groups in total. The van der Waals surface area contributed by atoms with Crippen molar-refractivity contribution < 1.29 is 14.3 Å². The molecule has 134 valence electrons. The molecule has 0 aliphatic carbocycles. The summed E-state index contributed by atoms with van der Waals surface area (Å²) in [4.78, 5) is 11.7. The summed E-state index contributed by atoms with van der Waals surface area (Å²) in [5.41, 5.74) is 0.722. The average Bonchev–Trinajstić information content (AvgIpc) is 2.51. The van der Waals surface area contributed by atoms with Crippen LogP contribution in [0.4, 0.5) is 0 Å². The zero-order valence-corrected chi connectivity index (χ0v) is 15.6. The lowest BCUT2D eigenvalue weighted by atomic mass is 10.1. The second kappa shape index (κ2) is 11.0. The molecule has 0 bridgehead atoms. The summed E-state index contributed by atoms with van der Waals surface area (Å²) >= 11 is 0. The van der Waals surface area contributed by atoms with Gasteiger partial charge in [0.2, 0.25) is 0 Å². The summed E-state index contributed by atoms with van der Waals surface area (Å²) in [6.45, 7) is 8.42. The number of rotatable bonds is 10. The number of unbranched alkanes of at least 4 members (excludes halogenated alkanes) is 2. The standard InChI is InChI=1S/C21H32O3/c1-5-6-8-14-19(23-17-18-12-9-7-10-13-18)15-11-16-20(22)24-21(2,3)4/h7,9-13,16,19H,5-6,8,14-15,17H2,1-4H3/b16-11+. The Morgan fingerprint density at radius 2 is 1.88 bits per heavy atom. The number of hydrogen-bond donors (Lipinski definition) is 0. The maximum Gasteiger partial charge on any atom is 0.330 e. The van der Waals surface area contributed by atoms with E-state index in [9.17, 15) is 4.79 Å². The molecule has 0 aromatic heterocycles. The van der Waals surface area contributed by atoms with Crippen molar-refractivity contribution in [3.63, 3.8) is 0 Å². The Morgan fingerprint density at radius 1 is 1.17 bits per heavy atom. The summed E-state index contributed by atoms with van der Waals surface area (Å²) < 4.78 is 11.3. The van der Waals surface area contributed by atoms with Crippen LogP contribution in [0.15, 0.2) is 42.5 Å². The van der Waals surface area contributed by atoms with E-state index in [1.807, 2.05) is 45.0 Å². The fourth-order valence-electron chi connectivity index (χ4n) is 2.33. The second-order valence-corrected chi connectivity index (χ2v) is 7.09. The van der Waals surface area contributed by atoms with E-state index >= 15 is 0 Å². The average molecular weight is 332 g/mol. The Morgan fingerprint density at radius 3 is 2.50 bits per heavy atom. The summed E-state index contributed by atoms with van der Waals surface area (Å²) in [6, 6.07) is 10.2. The van der Waals surface area contributed by atoms with Gasteiger partial charge in [-0.15, -0.1) is 0 Å². The van der Waals surface area contributed by atoms with Gasteiger partial charge in [-0.3, -0.25) is 0 Å². The molecule has 0 radical (unpaired) electrons. The van der Waals surface area contributed by atoms with E-state index in [0.29, 0.717) is 6.61 Å². The molecule has 3 nitrogen and oxygen atoms in total. The molecule has 0 aliphatic rings. The molecule has 0 saturated carbocycles. The Kier molecular flexibility index (Phi) is 9.39. The maximum atomic E-state index is 11.7. The lowest BCUT2D eigenvalue weighted by Crippen LogP contribution is -2.22. The first-order chi connectivity index (χ1) is 11.4. The van der Waals surface area contributed by atoms with Crippen molar-refractivity contribution in [2.75, 3.05) is 0 Å². The molecule has 0 fully saturated rings. The molecule has 0 amide bonds. The van der Waals surface area contributed by atoms with Gasteiger partial charge in [0.15, 0.2) is 0 Å². The summed E-state index contributed by atoms with van der Waals surface area (Å²) in [5, 5.41) is 0. The van der Waals surface area contributed by atoms with Crippen molar-refractivity contribution in [1.29, 1.82) is 0 Å². The van der Waals surface area contributed by atoms with Crippen molar-refractivity contribution in [3.05, 3.63) is 48.0 Å². The molecule has 0 saturated heterocycles. The van der Waals surface area contributed by atoms with Gasteiger partial charge in [-0.2, -0.15) is 0 Å². The zero-order valence-electron chi connectivity index (χ0n) is 15.6. The minimum atomic E-state index is -0.453. The van der Waals surface area contributed by atoms with E-state index in [-0.39, 0.29) is 12.1 Å². The molecule has 0 heterocycles. The van der Waals surface area contributed by atoms with Crippen LogP contribution in [0.1, 0.15) is 65.4 Å². The number of hydrogen-bond acceptors (Lipinski definition) is 3. The van der Waals surface area contributed by atoms with Gasteiger partial charge in [0.25, 0.3) is 0 Å². The van der Waals surface area contributed by atoms with Crippen molar-refractivity contribution in [3.8, 4) is 0 Å². The molecular weight excluding hydrogens is 300 g/mol. The molecule has 1 atom stereocenters. The largest absolute Gasteiger partial charge is 0.457 e. The highest BCUT2D eigenvalue weighted by molar-refractivity contribution is 5.82. The number of carbonyl (C=O) groups excluding carboxylic acids is 1. The molecule has 1 rings (SSSR count). The number of esters is 1. The van der Waals surface area contributed by atoms with Crippen LogP contribution in [-0.2, 0) is 20.9 Å². The van der Waals surface area contributed by atoms with Gasteiger partial charge in [0.05, 0.1) is 12.7 Å². The molecule has 0 aliphatic heterocycles. The van der Waals surface area contributed by atoms with Crippen LogP contribution in [0.25, 0.3) is 0 Å². The Bertz CT molecular complexity index is 486. The van der Waals surface area contributed by atoms with E-state index in [1.165, 1.54) is 24.5 Å². The number of benzene rings is 1. The third-order valence-corrected chi connectivity index (χ3v) is 3.52. The summed E-state index contributed by atoms with van der Waals surface area (Å²) in [5.74, 6) is -0.294. The Hall–Kier alpha value is -1.61. The van der Waals surface area contributed by atoms with Crippen molar-refractivity contribution in [2.45, 2.75) is 78.1 Å². The van der Waals surface area contributed by atoms with E-state index < -0.39 is 5.60 Å². The van der Waals surface area contributed by atoms with Gasteiger partial charge in [0.1, 0.15) is 5.60 Å². The van der Waals surface area contributed by atoms with Crippen molar-refractivity contribution in [1.82, 2.24) is 0 Å². The van der Waals surface area contributed by atoms with E-state index in [4.69, 9.17) is 9.47 Å². The molecule has 1 aromatic carbocycles. The Balaban J connectivity index is 2.47. The highest BCUT2D eigenvalue weighted by atomic mass is 16.6. The van der Waals surface area contributed by atoms with Crippen LogP contribution >= 0.6 is 0 Å². The van der Waals surface area contributed by atoms with Gasteiger partial charge in [-0.1, -0.05) is 62.6 Å². The first-order valence-electron chi connectivity index (χ1n) is 8.95. The van der Waals surface area contributed by atoms with Crippen LogP contribution in [0.5, 0.6) is 0 Å². The van der Waals surface area contributed by atoms with Gasteiger partial charge in [-0.25, -0.2) is 4.79 Å². The summed E-state index contributed by atoms with van der Waals surface area (Å²) in [6.07, 6.45) is 8.82. The summed E-state index contributed by atoms with van der Waals surface area (Å²) in [7, 11) is 0. The molecule has 3 heteroatoms. The third kappa shape index (κ3) is 10.2. The van der Waals surface area contributed by atoms with E-state index in [1.54, 1.807) is 0 Å². The predicted octanol–water partition coefficient (Wildman–Crippen LogP) is 5.44. The van der Waals surface area contributed by atoms with Gasteiger partial charge < -0.3 is 9.47 Å². The lowest BCUT2D eigenvalue weighted by Gasteiger charge is -2.18. The first kappa shape index (κ1) is 20.4. The molecular formula is C21H32O3. The zero-order chi connectivity index (χ0) is 17.8. The predicted molar refractivity (Wildman–Crippen MR) is 98.8 cm³/mol. The van der Waals surface area contributed by atoms with Gasteiger partial charge in [0, 0.05) is 6.08 Å². The minimum Gasteiger partial charge on any atom is -0.457 e. The SMILES string of the molecule is CCCCCC(C/C=C/C(=O)OC(C)(C)C)OCc1ccccc1. The monoisotopic (exact) mass is 332 g/mol.